The third kappa shape index (κ3) is 1.71. The van der Waals surface area contributed by atoms with Gasteiger partial charge in [-0.2, -0.15) is 0 Å². The Bertz CT molecular complexity index is 315. The Balaban J connectivity index is 3.00. The molecule has 0 radical (unpaired) electrons. The normalized spacial score (nSPS) is 11.6. The second-order valence-electron chi connectivity index (χ2n) is 3.50. The van der Waals surface area contributed by atoms with Crippen LogP contribution in [0, 0.1) is 0 Å². The first kappa shape index (κ1) is 9.77. The average molecular weight is 182 g/mol. The fourth-order valence-corrected chi connectivity index (χ4v) is 1.02. The van der Waals surface area contributed by atoms with Crippen LogP contribution in [-0.2, 0) is 16.9 Å². The summed E-state index contributed by atoms with van der Waals surface area (Å²) in [6.45, 7) is 6.05. The molecule has 0 saturated carbocycles. The number of carbonyl (C=O) groups excluding carboxylic acids is 1. The predicted molar refractivity (Wildman–Crippen MR) is 44.6 cm³/mol. The molecule has 72 valence electrons. The summed E-state index contributed by atoms with van der Waals surface area (Å²) in [7, 11) is 0. The molecular weight excluding hydrogens is 168 g/mol. The molecule has 13 heavy (non-hydrogen) atoms. The van der Waals surface area contributed by atoms with E-state index in [9.17, 15) is 9.90 Å². The maximum atomic E-state index is 10.8. The molecule has 0 amide bonds. The minimum atomic E-state index is -1.08. The Kier molecular flexibility index (Phi) is 2.40. The van der Waals surface area contributed by atoms with Crippen molar-refractivity contribution in [2.75, 3.05) is 0 Å². The van der Waals surface area contributed by atoms with Crippen LogP contribution in [-0.4, -0.2) is 10.5 Å². The molecule has 0 bridgehead atoms. The highest BCUT2D eigenvalue weighted by Crippen LogP contribution is 2.11. The summed E-state index contributed by atoms with van der Waals surface area (Å²) >= 11 is 0. The highest BCUT2D eigenvalue weighted by atomic mass is 16.4. The van der Waals surface area contributed by atoms with E-state index in [1.165, 1.54) is 0 Å². The van der Waals surface area contributed by atoms with E-state index in [4.69, 9.17) is 0 Å². The van der Waals surface area contributed by atoms with E-state index in [1.807, 2.05) is 17.7 Å². The van der Waals surface area contributed by atoms with Gasteiger partial charge in [0, 0.05) is 0 Å². The Labute approximate surface area is 77.4 Å². The van der Waals surface area contributed by atoms with Gasteiger partial charge in [0.1, 0.15) is 17.9 Å². The molecule has 1 rings (SSSR count). The van der Waals surface area contributed by atoms with Crippen LogP contribution < -0.4 is 9.67 Å². The minimum Gasteiger partial charge on any atom is -0.545 e. The number of imidazole rings is 1. The van der Waals surface area contributed by atoms with Crippen LogP contribution in [0.3, 0.4) is 0 Å². The molecule has 1 aromatic rings. The van der Waals surface area contributed by atoms with Gasteiger partial charge in [0.05, 0.1) is 12.5 Å². The maximum Gasteiger partial charge on any atom is 0.244 e. The first-order valence-electron chi connectivity index (χ1n) is 4.27. The van der Waals surface area contributed by atoms with Crippen molar-refractivity contribution in [2.24, 2.45) is 0 Å². The van der Waals surface area contributed by atoms with Gasteiger partial charge in [-0.3, -0.25) is 0 Å². The van der Waals surface area contributed by atoms with Crippen molar-refractivity contribution in [1.29, 1.82) is 0 Å². The van der Waals surface area contributed by atoms with Gasteiger partial charge < -0.3 is 9.90 Å². The monoisotopic (exact) mass is 182 g/mol. The quantitative estimate of drug-likeness (QED) is 0.579. The molecule has 0 spiro atoms. The van der Waals surface area contributed by atoms with Crippen LogP contribution >= 0.6 is 0 Å². The van der Waals surface area contributed by atoms with Crippen LogP contribution in [0.1, 0.15) is 20.8 Å². The van der Waals surface area contributed by atoms with Crippen LogP contribution in [0.25, 0.3) is 0 Å². The van der Waals surface area contributed by atoms with Crippen molar-refractivity contribution in [3.8, 4) is 0 Å². The predicted octanol–water partition coefficient (Wildman–Crippen LogP) is -0.719. The Hall–Kier alpha value is -1.32. The molecule has 4 heteroatoms. The summed E-state index contributed by atoms with van der Waals surface area (Å²) in [4.78, 5) is 10.8. The number of aliphatic carboxylic acids is 1. The minimum absolute atomic E-state index is 0.829. The lowest BCUT2D eigenvalue weighted by molar-refractivity contribution is -0.693. The van der Waals surface area contributed by atoms with Gasteiger partial charge in [-0.25, -0.2) is 9.13 Å². The van der Waals surface area contributed by atoms with E-state index < -0.39 is 11.5 Å². The van der Waals surface area contributed by atoms with Crippen LogP contribution in [0.4, 0.5) is 0 Å². The SMILES string of the molecule is CC[n+]1ccn(C(C)(C)C(=O)[O-])c1. The van der Waals surface area contributed by atoms with Gasteiger partial charge in [-0.05, 0) is 20.8 Å². The number of carboxylic acid groups (broad SMARTS) is 1. The first-order valence-corrected chi connectivity index (χ1v) is 4.27. The van der Waals surface area contributed by atoms with E-state index in [0.29, 0.717) is 0 Å². The van der Waals surface area contributed by atoms with Crippen molar-refractivity contribution in [2.45, 2.75) is 32.9 Å². The van der Waals surface area contributed by atoms with Crippen LogP contribution in [0.15, 0.2) is 18.7 Å². The number of aromatic nitrogens is 2. The Morgan fingerprint density at radius 1 is 1.62 bits per heavy atom. The van der Waals surface area contributed by atoms with Gasteiger partial charge in [0.25, 0.3) is 0 Å². The topological polar surface area (TPSA) is 48.9 Å². The van der Waals surface area contributed by atoms with E-state index >= 15 is 0 Å². The third-order valence-corrected chi connectivity index (χ3v) is 2.20. The molecule has 0 atom stereocenters. The fraction of sp³-hybridized carbons (Fsp3) is 0.556. The lowest BCUT2D eigenvalue weighted by Gasteiger charge is -2.21. The van der Waals surface area contributed by atoms with Crippen molar-refractivity contribution < 1.29 is 14.5 Å². The number of carbonyl (C=O) groups is 1. The van der Waals surface area contributed by atoms with Gasteiger partial charge in [0.2, 0.25) is 6.33 Å². The van der Waals surface area contributed by atoms with Gasteiger partial charge in [-0.1, -0.05) is 0 Å². The summed E-state index contributed by atoms with van der Waals surface area (Å²) in [6, 6.07) is 0. The second kappa shape index (κ2) is 3.20. The smallest absolute Gasteiger partial charge is 0.244 e. The largest absolute Gasteiger partial charge is 0.545 e. The standard InChI is InChI=1S/C9H14N2O2/c1-4-10-5-6-11(7-10)9(2,3)8(12)13/h5-7H,4H2,1-3H3. The zero-order valence-electron chi connectivity index (χ0n) is 8.15. The molecule has 4 nitrogen and oxygen atoms in total. The third-order valence-electron chi connectivity index (χ3n) is 2.20. The summed E-state index contributed by atoms with van der Waals surface area (Å²) in [6.07, 6.45) is 5.33. The molecule has 0 aromatic carbocycles. The van der Waals surface area contributed by atoms with Gasteiger partial charge in [0.15, 0.2) is 0 Å². The molecule has 0 aliphatic carbocycles. The van der Waals surface area contributed by atoms with Gasteiger partial charge in [-0.15, -0.1) is 0 Å². The van der Waals surface area contributed by atoms with E-state index in [-0.39, 0.29) is 0 Å². The lowest BCUT2D eigenvalue weighted by atomic mass is 10.1. The number of hydrogen-bond donors (Lipinski definition) is 0. The molecule has 0 saturated heterocycles. The van der Waals surface area contributed by atoms with Crippen molar-refractivity contribution >= 4 is 5.97 Å². The molecule has 1 aromatic heterocycles. The molecule has 1 heterocycles. The van der Waals surface area contributed by atoms with Crippen LogP contribution in [0.5, 0.6) is 0 Å². The molecule has 0 aliphatic heterocycles. The van der Waals surface area contributed by atoms with Crippen molar-refractivity contribution in [3.05, 3.63) is 18.7 Å². The summed E-state index contributed by atoms with van der Waals surface area (Å²) < 4.78 is 3.54. The van der Waals surface area contributed by atoms with Gasteiger partial charge >= 0.3 is 0 Å². The van der Waals surface area contributed by atoms with Crippen LogP contribution in [0.2, 0.25) is 0 Å². The maximum absolute atomic E-state index is 10.8. The van der Waals surface area contributed by atoms with E-state index in [0.717, 1.165) is 6.54 Å². The number of carboxylic acids is 1. The highest BCUT2D eigenvalue weighted by molar-refractivity contribution is 5.73. The number of aryl methyl sites for hydroxylation is 1. The van der Waals surface area contributed by atoms with Crippen molar-refractivity contribution in [3.63, 3.8) is 0 Å². The number of hydrogen-bond acceptors (Lipinski definition) is 2. The average Bonchev–Trinajstić information content (AvgIpc) is 2.51. The van der Waals surface area contributed by atoms with Crippen molar-refractivity contribution in [1.82, 2.24) is 4.57 Å². The molecule has 0 aliphatic rings. The number of rotatable bonds is 3. The zero-order valence-corrected chi connectivity index (χ0v) is 8.15. The highest BCUT2D eigenvalue weighted by Gasteiger charge is 2.26. The summed E-state index contributed by atoms with van der Waals surface area (Å²) in [5.41, 5.74) is -0.986. The molecule has 0 unspecified atom stereocenters. The summed E-state index contributed by atoms with van der Waals surface area (Å²) in [5, 5.41) is 10.8. The lowest BCUT2D eigenvalue weighted by Crippen LogP contribution is -2.46. The fourth-order valence-electron chi connectivity index (χ4n) is 1.02. The second-order valence-corrected chi connectivity index (χ2v) is 3.50. The Morgan fingerprint density at radius 2 is 2.23 bits per heavy atom. The summed E-state index contributed by atoms with van der Waals surface area (Å²) in [5.74, 6) is -1.08. The molecular formula is C9H14N2O2. The van der Waals surface area contributed by atoms with E-state index in [1.54, 1.807) is 30.9 Å². The molecule has 0 fully saturated rings. The van der Waals surface area contributed by atoms with E-state index in [2.05, 4.69) is 0 Å². The Morgan fingerprint density at radius 3 is 2.62 bits per heavy atom. The first-order chi connectivity index (χ1) is 5.98. The zero-order chi connectivity index (χ0) is 10.1. The molecule has 0 N–H and O–H groups in total. The number of nitrogens with zero attached hydrogens (tertiary/aromatic N) is 2.